The van der Waals surface area contributed by atoms with Gasteiger partial charge in [0.2, 0.25) is 15.9 Å². The van der Waals surface area contributed by atoms with Crippen molar-refractivity contribution in [2.45, 2.75) is 72.8 Å². The molecule has 1 aromatic carbocycles. The first-order chi connectivity index (χ1) is 12.2. The molecule has 0 atom stereocenters. The number of benzene rings is 1. The van der Waals surface area contributed by atoms with Crippen molar-refractivity contribution in [3.63, 3.8) is 0 Å². The maximum atomic E-state index is 12.3. The van der Waals surface area contributed by atoms with Gasteiger partial charge in [0.05, 0.1) is 11.9 Å². The number of aryl methyl sites for hydroxylation is 1. The van der Waals surface area contributed by atoms with Crippen molar-refractivity contribution in [2.75, 3.05) is 17.1 Å². The average molecular weight is 397 g/mol. The molecular weight excluding hydrogens is 360 g/mol. The van der Waals surface area contributed by atoms with Gasteiger partial charge < -0.3 is 5.32 Å². The van der Waals surface area contributed by atoms with Gasteiger partial charge in [-0.25, -0.2) is 8.42 Å². The normalized spacial score (nSPS) is 12.7. The van der Waals surface area contributed by atoms with Crippen LogP contribution in [0.4, 0.5) is 5.69 Å². The fourth-order valence-corrected chi connectivity index (χ4v) is 4.54. The average Bonchev–Trinajstić information content (AvgIpc) is 2.47. The number of sulfonamides is 1. The van der Waals surface area contributed by atoms with Crippen LogP contribution in [0.5, 0.6) is 0 Å². The summed E-state index contributed by atoms with van der Waals surface area (Å²) in [7, 11) is -3.39. The van der Waals surface area contributed by atoms with Crippen LogP contribution in [0.1, 0.15) is 66.4 Å². The SMILES string of the molecule is CCc1ccc(N(CCCC(=O)NC(C)(C)CC(C)(C)C)S(C)(=O)=O)cc1. The minimum Gasteiger partial charge on any atom is -0.351 e. The summed E-state index contributed by atoms with van der Waals surface area (Å²) in [4.78, 5) is 12.3. The van der Waals surface area contributed by atoms with Gasteiger partial charge in [-0.15, -0.1) is 0 Å². The predicted molar refractivity (Wildman–Crippen MR) is 114 cm³/mol. The highest BCUT2D eigenvalue weighted by atomic mass is 32.2. The van der Waals surface area contributed by atoms with Gasteiger partial charge in [-0.1, -0.05) is 39.8 Å². The molecule has 1 aromatic rings. The molecule has 0 heterocycles. The van der Waals surface area contributed by atoms with Gasteiger partial charge in [0.25, 0.3) is 0 Å². The zero-order chi connectivity index (χ0) is 20.9. The monoisotopic (exact) mass is 396 g/mol. The van der Waals surface area contributed by atoms with Gasteiger partial charge in [0.15, 0.2) is 0 Å². The summed E-state index contributed by atoms with van der Waals surface area (Å²) in [5.41, 5.74) is 1.63. The minimum absolute atomic E-state index is 0.0426. The van der Waals surface area contributed by atoms with Gasteiger partial charge in [0, 0.05) is 18.5 Å². The van der Waals surface area contributed by atoms with Gasteiger partial charge in [-0.3, -0.25) is 9.10 Å². The summed E-state index contributed by atoms with van der Waals surface area (Å²) in [6.07, 6.45) is 3.74. The summed E-state index contributed by atoms with van der Waals surface area (Å²) in [5, 5.41) is 3.07. The number of hydrogen-bond acceptors (Lipinski definition) is 3. The molecular formula is C21H36N2O3S. The number of nitrogens with one attached hydrogen (secondary N) is 1. The Hall–Kier alpha value is -1.56. The number of carbonyl (C=O) groups excluding carboxylic acids is 1. The lowest BCUT2D eigenvalue weighted by atomic mass is 9.82. The van der Waals surface area contributed by atoms with Crippen molar-refractivity contribution in [2.24, 2.45) is 5.41 Å². The van der Waals surface area contributed by atoms with Crippen molar-refractivity contribution < 1.29 is 13.2 Å². The maximum absolute atomic E-state index is 12.3. The molecule has 0 aliphatic carbocycles. The molecule has 0 radical (unpaired) electrons. The fraction of sp³-hybridized carbons (Fsp3) is 0.667. The Labute approximate surface area is 165 Å². The second kappa shape index (κ2) is 9.09. The summed E-state index contributed by atoms with van der Waals surface area (Å²) in [5.74, 6) is -0.0426. The topological polar surface area (TPSA) is 66.5 Å². The summed E-state index contributed by atoms with van der Waals surface area (Å²) >= 11 is 0. The Kier molecular flexibility index (Phi) is 7.90. The standard InChI is InChI=1S/C21H36N2O3S/c1-8-17-11-13-18(14-12-17)23(27(7,25)26)15-9-10-19(24)22-21(5,6)16-20(2,3)4/h11-14H,8-10,15-16H2,1-7H3,(H,22,24). The Balaban J connectivity index is 2.68. The van der Waals surface area contributed by atoms with Crippen molar-refractivity contribution >= 4 is 21.6 Å². The van der Waals surface area contributed by atoms with Crippen LogP contribution >= 0.6 is 0 Å². The molecule has 0 unspecified atom stereocenters. The van der Waals surface area contributed by atoms with Crippen molar-refractivity contribution in [3.8, 4) is 0 Å². The summed E-state index contributed by atoms with van der Waals surface area (Å²) < 4.78 is 25.7. The lowest BCUT2D eigenvalue weighted by Crippen LogP contribution is -2.46. The minimum atomic E-state index is -3.39. The molecule has 0 saturated carbocycles. The second-order valence-electron chi connectivity index (χ2n) is 9.13. The van der Waals surface area contributed by atoms with E-state index >= 15 is 0 Å². The third-order valence-corrected chi connectivity index (χ3v) is 5.44. The van der Waals surface area contributed by atoms with E-state index in [1.54, 1.807) is 0 Å². The summed E-state index contributed by atoms with van der Waals surface area (Å²) in [6.45, 7) is 12.8. The van der Waals surface area contributed by atoms with Crippen LogP contribution in [-0.4, -0.2) is 32.7 Å². The van der Waals surface area contributed by atoms with Crippen molar-refractivity contribution in [1.82, 2.24) is 5.32 Å². The Morgan fingerprint density at radius 2 is 1.63 bits per heavy atom. The van der Waals surface area contributed by atoms with Crippen LogP contribution in [0, 0.1) is 5.41 Å². The molecule has 1 N–H and O–H groups in total. The van der Waals surface area contributed by atoms with Crippen LogP contribution in [-0.2, 0) is 21.2 Å². The molecule has 0 saturated heterocycles. The zero-order valence-electron chi connectivity index (χ0n) is 17.9. The smallest absolute Gasteiger partial charge is 0.232 e. The molecule has 5 nitrogen and oxygen atoms in total. The van der Waals surface area contributed by atoms with E-state index in [1.807, 2.05) is 38.1 Å². The van der Waals surface area contributed by atoms with Crippen molar-refractivity contribution in [1.29, 1.82) is 0 Å². The van der Waals surface area contributed by atoms with E-state index < -0.39 is 10.0 Å². The molecule has 6 heteroatoms. The molecule has 1 amide bonds. The van der Waals surface area contributed by atoms with Crippen LogP contribution in [0.2, 0.25) is 0 Å². The first kappa shape index (κ1) is 23.5. The highest BCUT2D eigenvalue weighted by Gasteiger charge is 2.27. The van der Waals surface area contributed by atoms with E-state index in [1.165, 1.54) is 10.6 Å². The number of nitrogens with zero attached hydrogens (tertiary/aromatic N) is 1. The van der Waals surface area contributed by atoms with Crippen LogP contribution in [0.15, 0.2) is 24.3 Å². The van der Waals surface area contributed by atoms with E-state index in [0.717, 1.165) is 18.4 Å². The summed E-state index contributed by atoms with van der Waals surface area (Å²) in [6, 6.07) is 7.53. The number of rotatable bonds is 9. The first-order valence-electron chi connectivity index (χ1n) is 9.61. The molecule has 1 rings (SSSR count). The Morgan fingerprint density at radius 3 is 2.07 bits per heavy atom. The maximum Gasteiger partial charge on any atom is 0.232 e. The number of carbonyl (C=O) groups is 1. The quantitative estimate of drug-likeness (QED) is 0.682. The van der Waals surface area contributed by atoms with E-state index in [0.29, 0.717) is 18.5 Å². The largest absolute Gasteiger partial charge is 0.351 e. The van der Waals surface area contributed by atoms with Gasteiger partial charge in [-0.05, 0) is 56.2 Å². The molecule has 27 heavy (non-hydrogen) atoms. The Bertz CT molecular complexity index is 717. The molecule has 0 aliphatic heterocycles. The second-order valence-corrected chi connectivity index (χ2v) is 11.0. The Morgan fingerprint density at radius 1 is 1.07 bits per heavy atom. The number of amides is 1. The zero-order valence-corrected chi connectivity index (χ0v) is 18.7. The molecule has 154 valence electrons. The van der Waals surface area contributed by atoms with Crippen LogP contribution < -0.4 is 9.62 Å². The first-order valence-corrected chi connectivity index (χ1v) is 11.5. The third kappa shape index (κ3) is 8.78. The van der Waals surface area contributed by atoms with E-state index in [4.69, 9.17) is 0 Å². The van der Waals surface area contributed by atoms with E-state index in [2.05, 4.69) is 33.0 Å². The van der Waals surface area contributed by atoms with Crippen LogP contribution in [0.3, 0.4) is 0 Å². The molecule has 0 aromatic heterocycles. The molecule has 0 bridgehead atoms. The van der Waals surface area contributed by atoms with Gasteiger partial charge in [0.1, 0.15) is 0 Å². The molecule has 0 fully saturated rings. The fourth-order valence-electron chi connectivity index (χ4n) is 3.58. The molecule has 0 spiro atoms. The molecule has 0 aliphatic rings. The highest BCUT2D eigenvalue weighted by Crippen LogP contribution is 2.27. The van der Waals surface area contributed by atoms with E-state index in [9.17, 15) is 13.2 Å². The number of anilines is 1. The van der Waals surface area contributed by atoms with Crippen molar-refractivity contribution in [3.05, 3.63) is 29.8 Å². The van der Waals surface area contributed by atoms with Crippen LogP contribution in [0.25, 0.3) is 0 Å². The third-order valence-electron chi connectivity index (χ3n) is 4.25. The highest BCUT2D eigenvalue weighted by molar-refractivity contribution is 7.92. The lowest BCUT2D eigenvalue weighted by Gasteiger charge is -2.33. The predicted octanol–water partition coefficient (Wildman–Crippen LogP) is 4.13. The van der Waals surface area contributed by atoms with E-state index in [-0.39, 0.29) is 23.4 Å². The van der Waals surface area contributed by atoms with Gasteiger partial charge >= 0.3 is 0 Å². The van der Waals surface area contributed by atoms with Gasteiger partial charge in [-0.2, -0.15) is 0 Å². The number of hydrogen-bond donors (Lipinski definition) is 1. The lowest BCUT2D eigenvalue weighted by molar-refractivity contribution is -0.123.